The predicted octanol–water partition coefficient (Wildman–Crippen LogP) is 1.36. The van der Waals surface area contributed by atoms with Gasteiger partial charge in [0.05, 0.1) is 13.7 Å². The van der Waals surface area contributed by atoms with E-state index in [-0.39, 0.29) is 0 Å². The van der Waals surface area contributed by atoms with Crippen molar-refractivity contribution in [2.75, 3.05) is 18.6 Å². The van der Waals surface area contributed by atoms with Crippen molar-refractivity contribution in [3.8, 4) is 5.75 Å². The Labute approximate surface area is 109 Å². The molecule has 6 nitrogen and oxygen atoms in total. The third kappa shape index (κ3) is 1.78. The van der Waals surface area contributed by atoms with Crippen LogP contribution in [0.5, 0.6) is 5.75 Å². The number of rotatable bonds is 2. The number of methoxy groups -OCH3 is 1. The van der Waals surface area contributed by atoms with Gasteiger partial charge in [0.15, 0.2) is 16.7 Å². The van der Waals surface area contributed by atoms with Crippen LogP contribution in [0.25, 0.3) is 0 Å². The summed E-state index contributed by atoms with van der Waals surface area (Å²) in [7, 11) is 1.57. The Hall–Kier alpha value is -1.82. The van der Waals surface area contributed by atoms with Crippen molar-refractivity contribution in [2.24, 2.45) is 0 Å². The van der Waals surface area contributed by atoms with Crippen LogP contribution in [0.3, 0.4) is 0 Å². The number of anilines is 1. The first-order valence-electron chi connectivity index (χ1n) is 5.59. The molecule has 1 aliphatic heterocycles. The van der Waals surface area contributed by atoms with E-state index in [1.165, 1.54) is 6.33 Å². The van der Waals surface area contributed by atoms with Gasteiger partial charge >= 0.3 is 0 Å². The molecule has 0 aliphatic carbocycles. The topological polar surface area (TPSA) is 56.1 Å². The van der Waals surface area contributed by atoms with E-state index < -0.39 is 0 Å². The number of halogens is 1. The fourth-order valence-electron chi connectivity index (χ4n) is 2.10. The molecule has 0 bridgehead atoms. The van der Waals surface area contributed by atoms with Crippen LogP contribution in [0.2, 0.25) is 5.15 Å². The lowest BCUT2D eigenvalue weighted by Crippen LogP contribution is -2.34. The molecule has 0 fully saturated rings. The van der Waals surface area contributed by atoms with E-state index in [1.54, 1.807) is 7.11 Å². The van der Waals surface area contributed by atoms with Crippen LogP contribution in [0.1, 0.15) is 5.82 Å². The van der Waals surface area contributed by atoms with Gasteiger partial charge in [-0.25, -0.2) is 15.0 Å². The van der Waals surface area contributed by atoms with Crippen LogP contribution in [0.15, 0.2) is 18.7 Å². The van der Waals surface area contributed by atoms with Gasteiger partial charge in [0, 0.05) is 25.5 Å². The minimum atomic E-state index is 0.330. The molecule has 0 saturated heterocycles. The summed E-state index contributed by atoms with van der Waals surface area (Å²) in [5, 5.41) is 0.330. The summed E-state index contributed by atoms with van der Waals surface area (Å²) < 4.78 is 7.40. The summed E-state index contributed by atoms with van der Waals surface area (Å²) in [6.07, 6.45) is 5.24. The van der Waals surface area contributed by atoms with Crippen LogP contribution in [0.4, 0.5) is 5.82 Å². The van der Waals surface area contributed by atoms with Crippen molar-refractivity contribution >= 4 is 17.4 Å². The van der Waals surface area contributed by atoms with E-state index in [0.717, 1.165) is 18.9 Å². The maximum atomic E-state index is 6.00. The van der Waals surface area contributed by atoms with Crippen molar-refractivity contribution in [3.05, 3.63) is 29.7 Å². The Bertz CT molecular complexity index is 570. The number of hydrogen-bond donors (Lipinski definition) is 0. The van der Waals surface area contributed by atoms with E-state index >= 15 is 0 Å². The van der Waals surface area contributed by atoms with Crippen LogP contribution >= 0.6 is 11.6 Å². The standard InChI is InChI=1S/C11H12ClN5O/c1-18-9-10(12)14-7-15-11(9)17-5-4-16-3-2-13-8(16)6-17/h2-3,7H,4-6H2,1H3. The first-order chi connectivity index (χ1) is 8.79. The molecule has 0 radical (unpaired) electrons. The van der Waals surface area contributed by atoms with Gasteiger partial charge < -0.3 is 14.2 Å². The molecular weight excluding hydrogens is 254 g/mol. The fraction of sp³-hybridized carbons (Fsp3) is 0.364. The molecule has 0 N–H and O–H groups in total. The number of hydrogen-bond acceptors (Lipinski definition) is 5. The van der Waals surface area contributed by atoms with Crippen molar-refractivity contribution in [3.63, 3.8) is 0 Å². The highest BCUT2D eigenvalue weighted by Crippen LogP contribution is 2.32. The molecule has 0 amide bonds. The van der Waals surface area contributed by atoms with Gasteiger partial charge in [0.1, 0.15) is 12.2 Å². The third-order valence-electron chi connectivity index (χ3n) is 2.99. The van der Waals surface area contributed by atoms with E-state index in [9.17, 15) is 0 Å². The largest absolute Gasteiger partial charge is 0.490 e. The monoisotopic (exact) mass is 265 g/mol. The molecule has 0 atom stereocenters. The predicted molar refractivity (Wildman–Crippen MR) is 66.9 cm³/mol. The zero-order valence-corrected chi connectivity index (χ0v) is 10.6. The van der Waals surface area contributed by atoms with Crippen LogP contribution in [-0.4, -0.2) is 33.2 Å². The van der Waals surface area contributed by atoms with E-state index in [0.29, 0.717) is 23.3 Å². The summed E-state index contributed by atoms with van der Waals surface area (Å²) in [5.74, 6) is 2.24. The van der Waals surface area contributed by atoms with Crippen LogP contribution in [-0.2, 0) is 13.1 Å². The molecule has 94 valence electrons. The number of ether oxygens (including phenoxy) is 1. The Balaban J connectivity index is 1.95. The van der Waals surface area contributed by atoms with Crippen LogP contribution < -0.4 is 9.64 Å². The van der Waals surface area contributed by atoms with Crippen molar-refractivity contribution in [1.29, 1.82) is 0 Å². The van der Waals surface area contributed by atoms with E-state index in [4.69, 9.17) is 16.3 Å². The molecule has 0 aromatic carbocycles. The molecule has 0 spiro atoms. The Morgan fingerprint density at radius 3 is 3.00 bits per heavy atom. The smallest absolute Gasteiger partial charge is 0.199 e. The van der Waals surface area contributed by atoms with Crippen molar-refractivity contribution < 1.29 is 4.74 Å². The number of imidazole rings is 1. The lowest BCUT2D eigenvalue weighted by Gasteiger charge is -2.29. The molecule has 0 saturated carbocycles. The average Bonchev–Trinajstić information content (AvgIpc) is 2.85. The summed E-state index contributed by atoms with van der Waals surface area (Å²) >= 11 is 6.00. The fourth-order valence-corrected chi connectivity index (χ4v) is 2.30. The summed E-state index contributed by atoms with van der Waals surface area (Å²) in [4.78, 5) is 14.6. The van der Waals surface area contributed by atoms with Gasteiger partial charge in [-0.3, -0.25) is 0 Å². The average molecular weight is 266 g/mol. The summed E-state index contributed by atoms with van der Waals surface area (Å²) in [5.41, 5.74) is 0. The highest BCUT2D eigenvalue weighted by atomic mass is 35.5. The van der Waals surface area contributed by atoms with Gasteiger partial charge in [-0.15, -0.1) is 0 Å². The first-order valence-corrected chi connectivity index (χ1v) is 5.97. The second-order valence-corrected chi connectivity index (χ2v) is 4.34. The molecule has 2 aromatic rings. The molecular formula is C11H12ClN5O. The normalized spacial score (nSPS) is 14.4. The van der Waals surface area contributed by atoms with E-state index in [2.05, 4.69) is 24.4 Å². The molecule has 3 rings (SSSR count). The minimum Gasteiger partial charge on any atom is -0.490 e. The van der Waals surface area contributed by atoms with Gasteiger partial charge in [-0.1, -0.05) is 11.6 Å². The quantitative estimate of drug-likeness (QED) is 0.768. The number of fused-ring (bicyclic) bond motifs is 1. The second-order valence-electron chi connectivity index (χ2n) is 3.98. The Kier molecular flexibility index (Phi) is 2.79. The summed E-state index contributed by atoms with van der Waals surface area (Å²) in [6, 6.07) is 0. The summed E-state index contributed by atoms with van der Waals surface area (Å²) in [6.45, 7) is 2.41. The molecule has 18 heavy (non-hydrogen) atoms. The zero-order chi connectivity index (χ0) is 12.5. The molecule has 3 heterocycles. The van der Waals surface area contributed by atoms with E-state index in [1.807, 2.05) is 12.4 Å². The van der Waals surface area contributed by atoms with Crippen molar-refractivity contribution in [2.45, 2.75) is 13.1 Å². The van der Waals surface area contributed by atoms with Gasteiger partial charge in [0.25, 0.3) is 0 Å². The SMILES string of the molecule is COc1c(Cl)ncnc1N1CCn2ccnc2C1. The zero-order valence-electron chi connectivity index (χ0n) is 9.88. The van der Waals surface area contributed by atoms with Crippen LogP contribution in [0, 0.1) is 0 Å². The molecule has 0 unspecified atom stereocenters. The highest BCUT2D eigenvalue weighted by Gasteiger charge is 2.22. The lowest BCUT2D eigenvalue weighted by molar-refractivity contribution is 0.408. The van der Waals surface area contributed by atoms with Crippen molar-refractivity contribution in [1.82, 2.24) is 19.5 Å². The third-order valence-corrected chi connectivity index (χ3v) is 3.26. The molecule has 2 aromatic heterocycles. The Morgan fingerprint density at radius 2 is 2.17 bits per heavy atom. The molecule has 7 heteroatoms. The minimum absolute atomic E-state index is 0.330. The van der Waals surface area contributed by atoms with Gasteiger partial charge in [0.2, 0.25) is 0 Å². The lowest BCUT2D eigenvalue weighted by atomic mass is 10.3. The maximum absolute atomic E-state index is 6.00. The Morgan fingerprint density at radius 1 is 1.28 bits per heavy atom. The highest BCUT2D eigenvalue weighted by molar-refractivity contribution is 6.31. The van der Waals surface area contributed by atoms with Gasteiger partial charge in [-0.2, -0.15) is 0 Å². The van der Waals surface area contributed by atoms with Gasteiger partial charge in [-0.05, 0) is 0 Å². The number of nitrogens with zero attached hydrogens (tertiary/aromatic N) is 5. The first kappa shape index (κ1) is 11.3. The maximum Gasteiger partial charge on any atom is 0.199 e. The second kappa shape index (κ2) is 4.45. The molecule has 1 aliphatic rings. The number of aromatic nitrogens is 4.